The van der Waals surface area contributed by atoms with Crippen molar-refractivity contribution in [3.8, 4) is 5.75 Å². The first-order valence-corrected chi connectivity index (χ1v) is 9.62. The Morgan fingerprint density at radius 3 is 2.91 bits per heavy atom. The van der Waals surface area contributed by atoms with Gasteiger partial charge >= 0.3 is 0 Å². The highest BCUT2D eigenvalue weighted by molar-refractivity contribution is 9.11. The number of thiophene rings is 1. The van der Waals surface area contributed by atoms with E-state index in [0.29, 0.717) is 0 Å². The summed E-state index contributed by atoms with van der Waals surface area (Å²) in [5, 5.41) is 7.18. The first kappa shape index (κ1) is 15.2. The number of para-hydroxylation sites is 1. The third-order valence-electron chi connectivity index (χ3n) is 4.57. The van der Waals surface area contributed by atoms with E-state index in [9.17, 15) is 0 Å². The van der Waals surface area contributed by atoms with Gasteiger partial charge in [0.05, 0.1) is 20.4 Å². The molecule has 0 fully saturated rings. The van der Waals surface area contributed by atoms with E-state index < -0.39 is 0 Å². The second kappa shape index (κ2) is 5.64. The van der Waals surface area contributed by atoms with Gasteiger partial charge in [-0.2, -0.15) is 5.10 Å². The van der Waals surface area contributed by atoms with Crippen molar-refractivity contribution in [3.05, 3.63) is 50.6 Å². The fraction of sp³-hybridized carbons (Fsp3) is 0.389. The van der Waals surface area contributed by atoms with Crippen LogP contribution in [0.3, 0.4) is 0 Å². The summed E-state index contributed by atoms with van der Waals surface area (Å²) in [6.07, 6.45) is 2.96. The van der Waals surface area contributed by atoms with Gasteiger partial charge in [-0.25, -0.2) is 5.01 Å². The van der Waals surface area contributed by atoms with Crippen LogP contribution in [0, 0.1) is 0 Å². The SMILES string of the molecule is CCC[C@@]1(C)Oc2ccccc2[C@@H]2CC(c3ccc(Br)s3)=NN21. The average molecular weight is 391 g/mol. The summed E-state index contributed by atoms with van der Waals surface area (Å²) in [4.78, 5) is 1.24. The monoisotopic (exact) mass is 390 g/mol. The minimum Gasteiger partial charge on any atom is -0.466 e. The lowest BCUT2D eigenvalue weighted by molar-refractivity contribution is -0.111. The van der Waals surface area contributed by atoms with Crippen LogP contribution >= 0.6 is 27.3 Å². The summed E-state index contributed by atoms with van der Waals surface area (Å²) in [5.74, 6) is 1.01. The molecule has 120 valence electrons. The van der Waals surface area contributed by atoms with Crippen molar-refractivity contribution in [2.45, 2.75) is 44.9 Å². The summed E-state index contributed by atoms with van der Waals surface area (Å²) < 4.78 is 7.52. The topological polar surface area (TPSA) is 24.8 Å². The van der Waals surface area contributed by atoms with E-state index in [1.165, 1.54) is 10.4 Å². The summed E-state index contributed by atoms with van der Waals surface area (Å²) in [7, 11) is 0. The first-order valence-electron chi connectivity index (χ1n) is 8.01. The quantitative estimate of drug-likeness (QED) is 0.683. The van der Waals surface area contributed by atoms with Gasteiger partial charge in [0.25, 0.3) is 0 Å². The van der Waals surface area contributed by atoms with Crippen molar-refractivity contribution in [3.63, 3.8) is 0 Å². The number of hydrogen-bond donors (Lipinski definition) is 0. The van der Waals surface area contributed by atoms with Gasteiger partial charge < -0.3 is 4.74 Å². The van der Waals surface area contributed by atoms with Gasteiger partial charge in [0.15, 0.2) is 5.72 Å². The standard InChI is InChI=1S/C18H19BrN2OS/c1-3-10-18(2)21-14(12-6-4-5-7-15(12)22-18)11-13(20-21)16-8-9-17(19)23-16/h4-9,14H,3,10-11H2,1-2H3/t14-,18+/m0/s1. The van der Waals surface area contributed by atoms with Gasteiger partial charge in [0, 0.05) is 18.4 Å². The summed E-state index contributed by atoms with van der Waals surface area (Å²) in [6, 6.07) is 12.9. The van der Waals surface area contributed by atoms with Crippen molar-refractivity contribution >= 4 is 33.0 Å². The van der Waals surface area contributed by atoms with Crippen LogP contribution in [0.15, 0.2) is 45.3 Å². The molecular formula is C18H19BrN2OS. The maximum Gasteiger partial charge on any atom is 0.195 e. The Balaban J connectivity index is 1.77. The van der Waals surface area contributed by atoms with Crippen molar-refractivity contribution < 1.29 is 4.74 Å². The van der Waals surface area contributed by atoms with Crippen molar-refractivity contribution in [1.29, 1.82) is 0 Å². The molecule has 0 N–H and O–H groups in total. The molecule has 3 nitrogen and oxygen atoms in total. The molecule has 0 saturated carbocycles. The molecular weight excluding hydrogens is 372 g/mol. The van der Waals surface area contributed by atoms with Crippen LogP contribution in [-0.2, 0) is 0 Å². The molecule has 1 aromatic heterocycles. The molecule has 2 aliphatic heterocycles. The van der Waals surface area contributed by atoms with Crippen LogP contribution in [0.1, 0.15) is 49.6 Å². The van der Waals surface area contributed by atoms with Crippen LogP contribution in [-0.4, -0.2) is 16.4 Å². The van der Waals surface area contributed by atoms with Crippen molar-refractivity contribution in [2.75, 3.05) is 0 Å². The highest BCUT2D eigenvalue weighted by atomic mass is 79.9. The van der Waals surface area contributed by atoms with Crippen LogP contribution in [0.2, 0.25) is 0 Å². The van der Waals surface area contributed by atoms with E-state index in [2.05, 4.69) is 65.1 Å². The minimum absolute atomic E-state index is 0.271. The van der Waals surface area contributed by atoms with E-state index in [4.69, 9.17) is 9.84 Å². The zero-order valence-corrected chi connectivity index (χ0v) is 15.7. The van der Waals surface area contributed by atoms with Crippen LogP contribution in [0.5, 0.6) is 5.75 Å². The number of hydrazone groups is 1. The molecule has 0 amide bonds. The third kappa shape index (κ3) is 2.50. The molecule has 4 rings (SSSR count). The first-order chi connectivity index (χ1) is 11.1. The van der Waals surface area contributed by atoms with E-state index >= 15 is 0 Å². The zero-order valence-electron chi connectivity index (χ0n) is 13.3. The molecule has 0 spiro atoms. The second-order valence-electron chi connectivity index (χ2n) is 6.28. The number of ether oxygens (including phenoxy) is 1. The minimum atomic E-state index is -0.371. The number of nitrogens with zero attached hydrogens (tertiary/aromatic N) is 2. The predicted molar refractivity (Wildman–Crippen MR) is 98.1 cm³/mol. The number of rotatable bonds is 3. The Morgan fingerprint density at radius 1 is 1.35 bits per heavy atom. The molecule has 3 heterocycles. The van der Waals surface area contributed by atoms with Crippen LogP contribution in [0.25, 0.3) is 0 Å². The van der Waals surface area contributed by atoms with Gasteiger partial charge in [-0.05, 0) is 41.1 Å². The molecule has 0 radical (unpaired) electrons. The molecule has 2 aliphatic rings. The van der Waals surface area contributed by atoms with Gasteiger partial charge in [-0.1, -0.05) is 31.5 Å². The Labute approximate surface area is 149 Å². The fourth-order valence-electron chi connectivity index (χ4n) is 3.57. The lowest BCUT2D eigenvalue weighted by atomic mass is 9.95. The lowest BCUT2D eigenvalue weighted by Gasteiger charge is -2.45. The summed E-state index contributed by atoms with van der Waals surface area (Å²) in [5.41, 5.74) is 2.04. The molecule has 5 heteroatoms. The molecule has 2 aromatic rings. The Morgan fingerprint density at radius 2 is 2.17 bits per heavy atom. The molecule has 23 heavy (non-hydrogen) atoms. The maximum atomic E-state index is 6.38. The smallest absolute Gasteiger partial charge is 0.195 e. The Hall–Kier alpha value is -1.33. The largest absolute Gasteiger partial charge is 0.466 e. The fourth-order valence-corrected chi connectivity index (χ4v) is 4.95. The molecule has 1 aromatic carbocycles. The van der Waals surface area contributed by atoms with Gasteiger partial charge in [-0.3, -0.25) is 0 Å². The highest BCUT2D eigenvalue weighted by Crippen LogP contribution is 2.48. The Kier molecular flexibility index (Phi) is 3.73. The van der Waals surface area contributed by atoms with Crippen molar-refractivity contribution in [2.24, 2.45) is 5.10 Å². The van der Waals surface area contributed by atoms with Gasteiger partial charge in [-0.15, -0.1) is 11.3 Å². The molecule has 0 aliphatic carbocycles. The van der Waals surface area contributed by atoms with E-state index in [1.54, 1.807) is 11.3 Å². The number of benzene rings is 1. The highest BCUT2D eigenvalue weighted by Gasteiger charge is 2.47. The Bertz CT molecular complexity index is 772. The van der Waals surface area contributed by atoms with E-state index in [-0.39, 0.29) is 11.8 Å². The van der Waals surface area contributed by atoms with Crippen LogP contribution < -0.4 is 4.74 Å². The normalized spacial score (nSPS) is 25.6. The number of fused-ring (bicyclic) bond motifs is 3. The van der Waals surface area contributed by atoms with Crippen LogP contribution in [0.4, 0.5) is 0 Å². The predicted octanol–water partition coefficient (Wildman–Crippen LogP) is 5.57. The average Bonchev–Trinajstić information content (AvgIpc) is 3.14. The number of hydrogen-bond acceptors (Lipinski definition) is 4. The summed E-state index contributed by atoms with van der Waals surface area (Å²) >= 11 is 5.30. The third-order valence-corrected chi connectivity index (χ3v) is 6.25. The molecule has 0 saturated heterocycles. The van der Waals surface area contributed by atoms with E-state index in [0.717, 1.165) is 34.5 Å². The molecule has 0 unspecified atom stereocenters. The zero-order chi connectivity index (χ0) is 16.0. The second-order valence-corrected chi connectivity index (χ2v) is 8.74. The van der Waals surface area contributed by atoms with Gasteiger partial charge in [0.1, 0.15) is 5.75 Å². The molecule has 2 atom stereocenters. The lowest BCUT2D eigenvalue weighted by Crippen LogP contribution is -2.51. The van der Waals surface area contributed by atoms with Gasteiger partial charge in [0.2, 0.25) is 0 Å². The van der Waals surface area contributed by atoms with E-state index in [1.807, 2.05) is 6.07 Å². The molecule has 0 bridgehead atoms. The van der Waals surface area contributed by atoms with Crippen molar-refractivity contribution in [1.82, 2.24) is 5.01 Å². The maximum absolute atomic E-state index is 6.38. The summed E-state index contributed by atoms with van der Waals surface area (Å²) in [6.45, 7) is 4.36. The number of halogens is 1.